The minimum Gasteiger partial charge on any atom is -0.376 e. The molecule has 34 heavy (non-hydrogen) atoms. The van der Waals surface area contributed by atoms with Crippen LogP contribution in [0.2, 0.25) is 0 Å². The van der Waals surface area contributed by atoms with E-state index in [1.807, 2.05) is 17.0 Å². The molecule has 1 aromatic carbocycles. The number of carbonyl (C=O) groups excluding carboxylic acids is 2. The van der Waals surface area contributed by atoms with Crippen LogP contribution < -0.4 is 0 Å². The van der Waals surface area contributed by atoms with Gasteiger partial charge >= 0.3 is 0 Å². The zero-order chi connectivity index (χ0) is 24.1. The number of nitrogens with zero attached hydrogens (tertiary/aromatic N) is 3. The molecule has 0 saturated carbocycles. The van der Waals surface area contributed by atoms with Crippen molar-refractivity contribution in [3.05, 3.63) is 59.9 Å². The van der Waals surface area contributed by atoms with Gasteiger partial charge in [0, 0.05) is 56.7 Å². The SMILES string of the molecule is CC(=O)c1cccc(S(=O)(=O)N2CCC(C(=O)N(Cc3cccnc3)CC3CCCO3)CC2)c1. The Kier molecular flexibility index (Phi) is 7.75. The number of Topliss-reactive ketones (excluding diaryl/α,β-unsaturated/α-hetero) is 1. The molecule has 8 nitrogen and oxygen atoms in total. The van der Waals surface area contributed by atoms with Crippen molar-refractivity contribution < 1.29 is 22.7 Å². The molecule has 1 amide bonds. The average molecular weight is 486 g/mol. The van der Waals surface area contributed by atoms with E-state index in [0.717, 1.165) is 25.0 Å². The van der Waals surface area contributed by atoms with Crippen molar-refractivity contribution in [1.82, 2.24) is 14.2 Å². The Hall–Kier alpha value is -2.62. The molecule has 0 N–H and O–H groups in total. The van der Waals surface area contributed by atoms with Gasteiger partial charge in [0.05, 0.1) is 11.0 Å². The summed E-state index contributed by atoms with van der Waals surface area (Å²) in [5.74, 6) is -0.385. The second-order valence-corrected chi connectivity index (χ2v) is 10.9. The van der Waals surface area contributed by atoms with Crippen LogP contribution in [0.4, 0.5) is 0 Å². The highest BCUT2D eigenvalue weighted by Gasteiger charge is 2.35. The monoisotopic (exact) mass is 485 g/mol. The highest BCUT2D eigenvalue weighted by molar-refractivity contribution is 7.89. The molecule has 2 aromatic rings. The molecule has 182 valence electrons. The number of sulfonamides is 1. The predicted molar refractivity (Wildman–Crippen MR) is 127 cm³/mol. The van der Waals surface area contributed by atoms with Gasteiger partial charge in [0.1, 0.15) is 0 Å². The largest absolute Gasteiger partial charge is 0.376 e. The van der Waals surface area contributed by atoms with E-state index in [1.54, 1.807) is 24.5 Å². The fraction of sp³-hybridized carbons (Fsp3) is 0.480. The summed E-state index contributed by atoms with van der Waals surface area (Å²) in [6.45, 7) is 3.66. The van der Waals surface area contributed by atoms with Crippen LogP contribution >= 0.6 is 0 Å². The number of benzene rings is 1. The summed E-state index contributed by atoms with van der Waals surface area (Å²) in [5, 5.41) is 0. The molecule has 0 aliphatic carbocycles. The number of amides is 1. The maximum absolute atomic E-state index is 13.5. The smallest absolute Gasteiger partial charge is 0.243 e. The van der Waals surface area contributed by atoms with Gasteiger partial charge in [0.25, 0.3) is 0 Å². The molecular weight excluding hydrogens is 454 g/mol. The third-order valence-electron chi connectivity index (χ3n) is 6.54. The number of aromatic nitrogens is 1. The molecule has 0 radical (unpaired) electrons. The molecule has 2 fully saturated rings. The third kappa shape index (κ3) is 5.71. The summed E-state index contributed by atoms with van der Waals surface area (Å²) < 4.78 is 33.5. The fourth-order valence-electron chi connectivity index (χ4n) is 4.60. The van der Waals surface area contributed by atoms with Crippen LogP contribution in [0.15, 0.2) is 53.7 Å². The topological polar surface area (TPSA) is 96.9 Å². The van der Waals surface area contributed by atoms with Gasteiger partial charge in [-0.25, -0.2) is 8.42 Å². The Labute approximate surface area is 201 Å². The number of pyridine rings is 1. The van der Waals surface area contributed by atoms with Crippen molar-refractivity contribution in [3.63, 3.8) is 0 Å². The lowest BCUT2D eigenvalue weighted by Gasteiger charge is -2.34. The van der Waals surface area contributed by atoms with E-state index in [1.165, 1.54) is 23.4 Å². The van der Waals surface area contributed by atoms with Gasteiger partial charge in [0.15, 0.2) is 5.78 Å². The van der Waals surface area contributed by atoms with E-state index in [9.17, 15) is 18.0 Å². The van der Waals surface area contributed by atoms with Gasteiger partial charge < -0.3 is 9.64 Å². The van der Waals surface area contributed by atoms with Crippen LogP contribution in [0.25, 0.3) is 0 Å². The summed E-state index contributed by atoms with van der Waals surface area (Å²) in [5.41, 5.74) is 1.32. The zero-order valence-corrected chi connectivity index (χ0v) is 20.2. The molecule has 2 aliphatic rings. The first kappa shape index (κ1) is 24.5. The molecule has 0 spiro atoms. The van der Waals surface area contributed by atoms with E-state index in [-0.39, 0.29) is 41.7 Å². The van der Waals surface area contributed by atoms with E-state index < -0.39 is 10.0 Å². The van der Waals surface area contributed by atoms with Crippen molar-refractivity contribution in [2.45, 2.75) is 50.2 Å². The van der Waals surface area contributed by atoms with Crippen molar-refractivity contribution in [2.75, 3.05) is 26.2 Å². The molecule has 3 heterocycles. The Morgan fingerprint density at radius 1 is 1.15 bits per heavy atom. The van der Waals surface area contributed by atoms with Crippen LogP contribution in [-0.2, 0) is 26.1 Å². The van der Waals surface area contributed by atoms with Crippen molar-refractivity contribution >= 4 is 21.7 Å². The Balaban J connectivity index is 1.43. The lowest BCUT2D eigenvalue weighted by Crippen LogP contribution is -2.45. The molecule has 1 aromatic heterocycles. The second kappa shape index (κ2) is 10.8. The lowest BCUT2D eigenvalue weighted by molar-refractivity contribution is -0.139. The number of rotatable bonds is 8. The number of hydrogen-bond acceptors (Lipinski definition) is 6. The van der Waals surface area contributed by atoms with E-state index in [0.29, 0.717) is 31.5 Å². The Morgan fingerprint density at radius 3 is 2.59 bits per heavy atom. The minimum atomic E-state index is -3.73. The Bertz CT molecular complexity index is 1110. The van der Waals surface area contributed by atoms with Gasteiger partial charge in [-0.05, 0) is 56.4 Å². The molecule has 0 bridgehead atoms. The second-order valence-electron chi connectivity index (χ2n) is 8.98. The molecule has 4 rings (SSSR count). The first-order chi connectivity index (χ1) is 16.3. The van der Waals surface area contributed by atoms with Crippen molar-refractivity contribution in [3.8, 4) is 0 Å². The van der Waals surface area contributed by atoms with Gasteiger partial charge in [-0.15, -0.1) is 0 Å². The Morgan fingerprint density at radius 2 is 1.94 bits per heavy atom. The van der Waals surface area contributed by atoms with Crippen LogP contribution in [0.5, 0.6) is 0 Å². The van der Waals surface area contributed by atoms with Crippen LogP contribution in [0, 0.1) is 5.92 Å². The summed E-state index contributed by atoms with van der Waals surface area (Å²) in [7, 11) is -3.73. The normalized spacial score (nSPS) is 19.7. The third-order valence-corrected chi connectivity index (χ3v) is 8.43. The lowest BCUT2D eigenvalue weighted by atomic mass is 9.96. The summed E-state index contributed by atoms with van der Waals surface area (Å²) in [4.78, 5) is 31.3. The number of hydrogen-bond donors (Lipinski definition) is 0. The van der Waals surface area contributed by atoms with Crippen LogP contribution in [0.1, 0.15) is 48.5 Å². The highest BCUT2D eigenvalue weighted by atomic mass is 32.2. The first-order valence-corrected chi connectivity index (χ1v) is 13.2. The van der Waals surface area contributed by atoms with Gasteiger partial charge in [-0.3, -0.25) is 14.6 Å². The van der Waals surface area contributed by atoms with Gasteiger partial charge in [0.2, 0.25) is 15.9 Å². The van der Waals surface area contributed by atoms with Crippen LogP contribution in [-0.4, -0.2) is 66.6 Å². The molecule has 1 unspecified atom stereocenters. The fourth-order valence-corrected chi connectivity index (χ4v) is 6.12. The molecule has 2 saturated heterocycles. The maximum atomic E-state index is 13.5. The maximum Gasteiger partial charge on any atom is 0.243 e. The highest BCUT2D eigenvalue weighted by Crippen LogP contribution is 2.27. The zero-order valence-electron chi connectivity index (χ0n) is 19.4. The summed E-state index contributed by atoms with van der Waals surface area (Å²) >= 11 is 0. The number of carbonyl (C=O) groups is 2. The predicted octanol–water partition coefficient (Wildman–Crippen LogP) is 2.89. The number of piperidine rings is 1. The minimum absolute atomic E-state index is 0.0367. The summed E-state index contributed by atoms with van der Waals surface area (Å²) in [6.07, 6.45) is 6.36. The van der Waals surface area contributed by atoms with Crippen molar-refractivity contribution in [1.29, 1.82) is 0 Å². The van der Waals surface area contributed by atoms with Crippen LogP contribution in [0.3, 0.4) is 0 Å². The number of ether oxygens (including phenoxy) is 1. The van der Waals surface area contributed by atoms with E-state index in [4.69, 9.17) is 4.74 Å². The molecule has 1 atom stereocenters. The van der Waals surface area contributed by atoms with Gasteiger partial charge in [-0.1, -0.05) is 18.2 Å². The average Bonchev–Trinajstić information content (AvgIpc) is 3.37. The quantitative estimate of drug-likeness (QED) is 0.534. The standard InChI is InChI=1S/C25H31N3O5S/c1-19(29)22-6-2-8-24(15-22)34(31,32)28-12-9-21(10-13-28)25(30)27(18-23-7-4-14-33-23)17-20-5-3-11-26-16-20/h2-3,5-6,8,11,15-16,21,23H,4,7,9-10,12-14,17-18H2,1H3. The van der Waals surface area contributed by atoms with Gasteiger partial charge in [-0.2, -0.15) is 4.31 Å². The van der Waals surface area contributed by atoms with Crippen molar-refractivity contribution in [2.24, 2.45) is 5.92 Å². The molecular formula is C25H31N3O5S. The van der Waals surface area contributed by atoms with E-state index in [2.05, 4.69) is 4.98 Å². The summed E-state index contributed by atoms with van der Waals surface area (Å²) in [6, 6.07) is 9.93. The molecule has 2 aliphatic heterocycles. The van der Waals surface area contributed by atoms with E-state index >= 15 is 0 Å². The molecule has 9 heteroatoms. The number of ketones is 1. The first-order valence-electron chi connectivity index (χ1n) is 11.7.